The van der Waals surface area contributed by atoms with Crippen LogP contribution in [0.25, 0.3) is 44.5 Å². The second kappa shape index (κ2) is 16.7. The van der Waals surface area contributed by atoms with E-state index in [-0.39, 0.29) is 5.41 Å². The molecule has 2 heterocycles. The molecule has 0 saturated heterocycles. The van der Waals surface area contributed by atoms with E-state index in [4.69, 9.17) is 4.74 Å². The Bertz CT molecular complexity index is 2960. The van der Waals surface area contributed by atoms with Crippen molar-refractivity contribution in [3.63, 3.8) is 0 Å². The maximum absolute atomic E-state index is 7.67. The first-order valence-corrected chi connectivity index (χ1v) is 40.5. The van der Waals surface area contributed by atoms with E-state index in [1.54, 1.807) is 7.16 Å². The Hall–Kier alpha value is -4.84. The normalized spacial score (nSPS) is 13.5. The van der Waals surface area contributed by atoms with Crippen molar-refractivity contribution >= 4 is 44.7 Å². The van der Waals surface area contributed by atoms with Crippen LogP contribution in [0.3, 0.4) is 0 Å². The molecule has 2 aliphatic heterocycles. The quantitative estimate of drug-likeness (QED) is 0.151. The van der Waals surface area contributed by atoms with Gasteiger partial charge in [0.2, 0.25) is 0 Å². The van der Waals surface area contributed by atoms with Crippen LogP contribution in [0.1, 0.15) is 91.7 Å². The number of hydrogen-bond acceptors (Lipinski definition) is 1. The van der Waals surface area contributed by atoms with Crippen molar-refractivity contribution in [3.8, 4) is 56.0 Å². The van der Waals surface area contributed by atoms with Crippen LogP contribution in [0.4, 0.5) is 0 Å². The molecule has 8 aromatic rings. The predicted molar refractivity (Wildman–Crippen MR) is 287 cm³/mol. The SMILES string of the molecule is Cc1cc(C)c(-c2cccc(-c3c(C)cc(C)cc3C)[c]2[Sn]2=[Sn]([c]3c(-c4c(C)cc(C)cc4C)cccc3-c3c(C)cc(C)cc3C)[c]3cccc4c3Oc3[c]2cccc3C4(C)C)c(C)c1. The Kier molecular flexibility index (Phi) is 11.4. The van der Waals surface area contributed by atoms with Crippen molar-refractivity contribution in [2.45, 2.75) is 102 Å². The fraction of sp³-hybridized carbons (Fsp3) is 0.238. The third-order valence-corrected chi connectivity index (χ3v) is 56.9. The number of benzene rings is 8. The molecule has 0 atom stereocenters. The molecule has 0 radical (unpaired) electrons. The van der Waals surface area contributed by atoms with Gasteiger partial charge in [-0.1, -0.05) is 0 Å². The van der Waals surface area contributed by atoms with Gasteiger partial charge in [-0.2, -0.15) is 0 Å². The standard InChI is InChI=1S/2C24H25.C15H12O.2Sn/c2*1-15-10-17(3)23(18(4)11-15)21-8-7-9-22(14-21)24-19(5)12-16(2)13-20(24)6;1-15(2)11-7-3-5-9-13(11)16-14-10-6-4-8-12(14)15;;/h2*7-13H,1-6H3;3-8H,1-2H3;;. The number of rotatable bonds is 6. The van der Waals surface area contributed by atoms with Gasteiger partial charge >= 0.3 is 407 Å². The summed E-state index contributed by atoms with van der Waals surface area (Å²) >= 11 is -6.81. The molecule has 0 aliphatic carbocycles. The van der Waals surface area contributed by atoms with Crippen LogP contribution in [0, 0.1) is 83.1 Å². The Morgan fingerprint density at radius 3 is 0.833 bits per heavy atom. The number of aryl methyl sites for hydroxylation is 12. The topological polar surface area (TPSA) is 9.23 Å². The molecule has 0 N–H and O–H groups in total. The molecular formula is C63H62OSn2. The van der Waals surface area contributed by atoms with Crippen molar-refractivity contribution < 1.29 is 4.74 Å². The predicted octanol–water partition coefficient (Wildman–Crippen LogP) is 13.8. The molecule has 10 rings (SSSR count). The molecule has 0 fully saturated rings. The fourth-order valence-corrected chi connectivity index (χ4v) is 64.2. The van der Waals surface area contributed by atoms with Crippen molar-refractivity contribution in [1.29, 1.82) is 0 Å². The first kappa shape index (κ1) is 45.0. The second-order valence-electron chi connectivity index (χ2n) is 20.4. The van der Waals surface area contributed by atoms with E-state index >= 15 is 0 Å². The van der Waals surface area contributed by atoms with Crippen molar-refractivity contribution in [1.82, 2.24) is 0 Å². The van der Waals surface area contributed by atoms with Crippen LogP contribution in [-0.4, -0.2) is 30.3 Å². The van der Waals surface area contributed by atoms with Crippen LogP contribution >= 0.6 is 0 Å². The van der Waals surface area contributed by atoms with Crippen molar-refractivity contribution in [2.24, 2.45) is 0 Å². The van der Waals surface area contributed by atoms with E-state index in [0.717, 1.165) is 11.5 Å². The molecule has 0 aromatic heterocycles. The molecule has 66 heavy (non-hydrogen) atoms. The number of hydrogen-bond donors (Lipinski definition) is 0. The van der Waals surface area contributed by atoms with Gasteiger partial charge in [0.1, 0.15) is 0 Å². The van der Waals surface area contributed by atoms with E-state index < -0.39 is 30.3 Å². The molecule has 0 amide bonds. The van der Waals surface area contributed by atoms with Gasteiger partial charge in [-0.25, -0.2) is 0 Å². The maximum atomic E-state index is 7.67. The summed E-state index contributed by atoms with van der Waals surface area (Å²) in [5, 5.41) is 0. The van der Waals surface area contributed by atoms with Gasteiger partial charge < -0.3 is 0 Å². The number of para-hydroxylation sites is 2. The molecule has 3 heteroatoms. The zero-order valence-electron chi connectivity index (χ0n) is 41.5. The summed E-state index contributed by atoms with van der Waals surface area (Å²) in [7, 11) is 0. The summed E-state index contributed by atoms with van der Waals surface area (Å²) in [4.78, 5) is 0. The second-order valence-corrected chi connectivity index (χ2v) is 49.7. The van der Waals surface area contributed by atoms with Crippen LogP contribution < -0.4 is 19.1 Å². The molecule has 2 bridgehead atoms. The fourth-order valence-electron chi connectivity index (χ4n) is 12.6. The average molecular weight is 1070 g/mol. The minimum absolute atomic E-state index is 0.227. The summed E-state index contributed by atoms with van der Waals surface area (Å²) in [5.41, 5.74) is 29.7. The summed E-state index contributed by atoms with van der Waals surface area (Å²) < 4.78 is 14.0. The van der Waals surface area contributed by atoms with Crippen molar-refractivity contribution in [2.75, 3.05) is 0 Å². The zero-order chi connectivity index (χ0) is 46.7. The summed E-state index contributed by atoms with van der Waals surface area (Å²) in [6, 6.07) is 48.6. The van der Waals surface area contributed by atoms with Gasteiger partial charge in [-0.05, 0) is 0 Å². The summed E-state index contributed by atoms with van der Waals surface area (Å²) in [6.45, 7) is 32.7. The Balaban J connectivity index is 1.54. The molecule has 2 aliphatic rings. The molecule has 8 aromatic carbocycles. The van der Waals surface area contributed by atoms with Crippen LogP contribution in [0.5, 0.6) is 11.5 Å². The third-order valence-electron chi connectivity index (χ3n) is 14.8. The van der Waals surface area contributed by atoms with Gasteiger partial charge in [0, 0.05) is 0 Å². The summed E-state index contributed by atoms with van der Waals surface area (Å²) in [6.07, 6.45) is 0. The molecule has 1 nitrogen and oxygen atoms in total. The number of ether oxygens (including phenoxy) is 1. The van der Waals surface area contributed by atoms with Crippen LogP contribution in [-0.2, 0) is 5.41 Å². The third kappa shape index (κ3) is 7.16. The molecule has 0 unspecified atom stereocenters. The van der Waals surface area contributed by atoms with Gasteiger partial charge in [0.05, 0.1) is 0 Å². The van der Waals surface area contributed by atoms with E-state index in [2.05, 4.69) is 218 Å². The monoisotopic (exact) mass is 1070 g/mol. The first-order valence-electron chi connectivity index (χ1n) is 23.8. The van der Waals surface area contributed by atoms with Gasteiger partial charge in [-0.15, -0.1) is 0 Å². The molecule has 328 valence electrons. The average Bonchev–Trinajstić information content (AvgIpc) is 3.36. The van der Waals surface area contributed by atoms with E-state index in [9.17, 15) is 0 Å². The first-order chi connectivity index (χ1) is 31.5. The molecular weight excluding hydrogens is 1010 g/mol. The summed E-state index contributed by atoms with van der Waals surface area (Å²) in [5.74, 6) is 2.29. The molecule has 0 saturated carbocycles. The van der Waals surface area contributed by atoms with E-state index in [0.29, 0.717) is 0 Å². The van der Waals surface area contributed by atoms with Crippen LogP contribution in [0.15, 0.2) is 121 Å². The van der Waals surface area contributed by atoms with Gasteiger partial charge in [0.25, 0.3) is 0 Å². The minimum atomic E-state index is -3.41. The Morgan fingerprint density at radius 1 is 0.333 bits per heavy atom. The van der Waals surface area contributed by atoms with Gasteiger partial charge in [-0.3, -0.25) is 0 Å². The van der Waals surface area contributed by atoms with E-state index in [1.807, 2.05) is 0 Å². The van der Waals surface area contributed by atoms with Crippen LogP contribution in [0.2, 0.25) is 0 Å². The van der Waals surface area contributed by atoms with E-state index in [1.165, 1.54) is 130 Å². The molecule has 0 spiro atoms. The van der Waals surface area contributed by atoms with Gasteiger partial charge in [0.15, 0.2) is 0 Å². The zero-order valence-corrected chi connectivity index (χ0v) is 47.2. The Morgan fingerprint density at radius 2 is 0.576 bits per heavy atom. The van der Waals surface area contributed by atoms with Crippen molar-refractivity contribution in [3.05, 3.63) is 199 Å². The Labute approximate surface area is 403 Å².